The van der Waals surface area contributed by atoms with Crippen LogP contribution in [-0.4, -0.2) is 15.7 Å². The Bertz CT molecular complexity index is 392. The molecule has 0 atom stereocenters. The number of hydrogen-bond acceptors (Lipinski definition) is 2. The Kier molecular flexibility index (Phi) is 1.22. The minimum Gasteiger partial charge on any atom is -0.307 e. The van der Waals surface area contributed by atoms with E-state index in [1.807, 2.05) is 16.7 Å². The van der Waals surface area contributed by atoms with E-state index in [1.165, 1.54) is 0 Å². The maximum atomic E-state index is 10.4. The van der Waals surface area contributed by atoms with Crippen LogP contribution in [-0.2, 0) is 0 Å². The predicted molar refractivity (Wildman–Crippen MR) is 40.6 cm³/mol. The molecule has 2 aromatic heterocycles. The van der Waals surface area contributed by atoms with Crippen LogP contribution < -0.4 is 0 Å². The summed E-state index contributed by atoms with van der Waals surface area (Å²) in [5.41, 5.74) is 1.60. The van der Waals surface area contributed by atoms with Gasteiger partial charge >= 0.3 is 0 Å². The molecule has 0 aromatic carbocycles. The van der Waals surface area contributed by atoms with Crippen molar-refractivity contribution in [2.75, 3.05) is 0 Å². The molecular formula is C8H6N2O. The molecule has 0 N–H and O–H groups in total. The molecule has 0 aliphatic rings. The molecule has 0 amide bonds. The van der Waals surface area contributed by atoms with Gasteiger partial charge in [0.15, 0.2) is 6.29 Å². The van der Waals surface area contributed by atoms with E-state index >= 15 is 0 Å². The number of carbonyl (C=O) groups excluding carboxylic acids is 1. The van der Waals surface area contributed by atoms with E-state index in [1.54, 1.807) is 18.6 Å². The van der Waals surface area contributed by atoms with Crippen LogP contribution in [0.3, 0.4) is 0 Å². The monoisotopic (exact) mass is 146 g/mol. The molecule has 0 saturated heterocycles. The van der Waals surface area contributed by atoms with Crippen molar-refractivity contribution in [3.63, 3.8) is 0 Å². The molecule has 0 unspecified atom stereocenters. The fraction of sp³-hybridized carbons (Fsp3) is 0. The van der Waals surface area contributed by atoms with Gasteiger partial charge in [0.1, 0.15) is 0 Å². The highest BCUT2D eigenvalue weighted by Gasteiger charge is 1.97. The van der Waals surface area contributed by atoms with Crippen LogP contribution in [0.25, 0.3) is 5.52 Å². The molecule has 0 radical (unpaired) electrons. The van der Waals surface area contributed by atoms with Gasteiger partial charge in [0, 0.05) is 18.0 Å². The molecule has 11 heavy (non-hydrogen) atoms. The second-order valence-electron chi connectivity index (χ2n) is 2.26. The van der Waals surface area contributed by atoms with E-state index in [-0.39, 0.29) is 0 Å². The van der Waals surface area contributed by atoms with Gasteiger partial charge in [0.05, 0.1) is 11.8 Å². The average molecular weight is 146 g/mol. The standard InChI is InChI=1S/C8H6N2O/c11-5-7-2-4-10-6-9-3-1-8(7)10/h1-6H. The van der Waals surface area contributed by atoms with Crippen molar-refractivity contribution >= 4 is 11.8 Å². The van der Waals surface area contributed by atoms with Gasteiger partial charge in [0.25, 0.3) is 0 Å². The number of aldehydes is 1. The zero-order valence-corrected chi connectivity index (χ0v) is 5.77. The van der Waals surface area contributed by atoms with Crippen LogP contribution in [0.2, 0.25) is 0 Å². The number of aromatic nitrogens is 2. The van der Waals surface area contributed by atoms with E-state index in [4.69, 9.17) is 0 Å². The second-order valence-corrected chi connectivity index (χ2v) is 2.26. The van der Waals surface area contributed by atoms with Crippen molar-refractivity contribution in [1.29, 1.82) is 0 Å². The van der Waals surface area contributed by atoms with Crippen molar-refractivity contribution in [2.24, 2.45) is 0 Å². The summed E-state index contributed by atoms with van der Waals surface area (Å²) in [5.74, 6) is 0. The molecule has 2 aromatic rings. The summed E-state index contributed by atoms with van der Waals surface area (Å²) in [5, 5.41) is 0. The number of carbonyl (C=O) groups is 1. The summed E-state index contributed by atoms with van der Waals surface area (Å²) >= 11 is 0. The van der Waals surface area contributed by atoms with Crippen LogP contribution >= 0.6 is 0 Å². The minimum atomic E-state index is 0.701. The highest BCUT2D eigenvalue weighted by molar-refractivity contribution is 5.86. The summed E-state index contributed by atoms with van der Waals surface area (Å²) in [4.78, 5) is 14.4. The summed E-state index contributed by atoms with van der Waals surface area (Å²) in [6.45, 7) is 0. The van der Waals surface area contributed by atoms with E-state index in [0.717, 1.165) is 11.8 Å². The third kappa shape index (κ3) is 0.816. The Morgan fingerprint density at radius 2 is 2.36 bits per heavy atom. The van der Waals surface area contributed by atoms with Crippen molar-refractivity contribution < 1.29 is 4.79 Å². The first kappa shape index (κ1) is 6.09. The smallest absolute Gasteiger partial charge is 0.152 e. The Labute approximate surface area is 63.3 Å². The zero-order valence-electron chi connectivity index (χ0n) is 5.77. The topological polar surface area (TPSA) is 34.4 Å². The Balaban J connectivity index is 2.86. The van der Waals surface area contributed by atoms with Crippen molar-refractivity contribution in [3.05, 3.63) is 36.4 Å². The molecule has 0 saturated carbocycles. The molecule has 0 aliphatic heterocycles. The lowest BCUT2D eigenvalue weighted by atomic mass is 10.3. The van der Waals surface area contributed by atoms with Crippen molar-refractivity contribution in [2.45, 2.75) is 0 Å². The first-order valence-electron chi connectivity index (χ1n) is 3.27. The van der Waals surface area contributed by atoms with E-state index in [9.17, 15) is 4.79 Å². The van der Waals surface area contributed by atoms with E-state index in [2.05, 4.69) is 4.98 Å². The average Bonchev–Trinajstić information content (AvgIpc) is 2.47. The molecule has 0 fully saturated rings. The number of hydrogen-bond donors (Lipinski definition) is 0. The van der Waals surface area contributed by atoms with Gasteiger partial charge in [-0.1, -0.05) is 0 Å². The number of rotatable bonds is 1. The summed E-state index contributed by atoms with van der Waals surface area (Å²) in [6, 6.07) is 3.58. The third-order valence-corrected chi connectivity index (χ3v) is 1.63. The summed E-state index contributed by atoms with van der Waals surface area (Å²) < 4.78 is 1.81. The van der Waals surface area contributed by atoms with Crippen molar-refractivity contribution in [1.82, 2.24) is 9.38 Å². The number of nitrogens with zero attached hydrogens (tertiary/aromatic N) is 2. The van der Waals surface area contributed by atoms with Gasteiger partial charge in [0.2, 0.25) is 0 Å². The molecule has 3 nitrogen and oxygen atoms in total. The van der Waals surface area contributed by atoms with E-state index < -0.39 is 0 Å². The molecule has 0 bridgehead atoms. The number of fused-ring (bicyclic) bond motifs is 1. The van der Waals surface area contributed by atoms with Gasteiger partial charge in [-0.3, -0.25) is 4.79 Å². The molecule has 0 aliphatic carbocycles. The van der Waals surface area contributed by atoms with Gasteiger partial charge in [-0.05, 0) is 12.1 Å². The Hall–Kier alpha value is -1.64. The lowest BCUT2D eigenvalue weighted by Gasteiger charge is -1.90. The van der Waals surface area contributed by atoms with Crippen LogP contribution in [0.15, 0.2) is 30.9 Å². The normalized spacial score (nSPS) is 10.2. The Morgan fingerprint density at radius 1 is 1.45 bits per heavy atom. The van der Waals surface area contributed by atoms with Crippen molar-refractivity contribution in [3.8, 4) is 0 Å². The molecule has 54 valence electrons. The summed E-state index contributed by atoms with van der Waals surface area (Å²) in [7, 11) is 0. The lowest BCUT2D eigenvalue weighted by Crippen LogP contribution is -1.84. The van der Waals surface area contributed by atoms with Crippen LogP contribution in [0.5, 0.6) is 0 Å². The minimum absolute atomic E-state index is 0.701. The summed E-state index contributed by atoms with van der Waals surface area (Å²) in [6.07, 6.45) is 5.99. The van der Waals surface area contributed by atoms with Crippen LogP contribution in [0.1, 0.15) is 10.4 Å². The maximum Gasteiger partial charge on any atom is 0.152 e. The molecule has 2 rings (SSSR count). The zero-order chi connectivity index (χ0) is 7.68. The fourth-order valence-electron chi connectivity index (χ4n) is 1.08. The maximum absolute atomic E-state index is 10.4. The quantitative estimate of drug-likeness (QED) is 0.565. The second kappa shape index (κ2) is 2.20. The first-order chi connectivity index (χ1) is 5.42. The lowest BCUT2D eigenvalue weighted by molar-refractivity contribution is 0.112. The SMILES string of the molecule is O=Cc1ccn2cnccc12. The largest absolute Gasteiger partial charge is 0.307 e. The van der Waals surface area contributed by atoms with Gasteiger partial charge in [-0.15, -0.1) is 0 Å². The third-order valence-electron chi connectivity index (χ3n) is 1.63. The Morgan fingerprint density at radius 3 is 3.18 bits per heavy atom. The molecule has 0 spiro atoms. The molecule has 3 heteroatoms. The van der Waals surface area contributed by atoms with Crippen LogP contribution in [0.4, 0.5) is 0 Å². The molecular weight excluding hydrogens is 140 g/mol. The van der Waals surface area contributed by atoms with E-state index in [0.29, 0.717) is 5.56 Å². The highest BCUT2D eigenvalue weighted by Crippen LogP contribution is 2.07. The fourth-order valence-corrected chi connectivity index (χ4v) is 1.08. The predicted octanol–water partition coefficient (Wildman–Crippen LogP) is 1.15. The highest BCUT2D eigenvalue weighted by atomic mass is 16.1. The van der Waals surface area contributed by atoms with Gasteiger partial charge in [-0.25, -0.2) is 4.98 Å². The van der Waals surface area contributed by atoms with Crippen LogP contribution in [0, 0.1) is 0 Å². The molecule has 2 heterocycles. The van der Waals surface area contributed by atoms with Gasteiger partial charge in [-0.2, -0.15) is 0 Å². The van der Waals surface area contributed by atoms with Gasteiger partial charge < -0.3 is 4.40 Å². The first-order valence-corrected chi connectivity index (χ1v) is 3.27.